The maximum Gasteiger partial charge on any atom is 0.407 e. The highest BCUT2D eigenvalue weighted by Gasteiger charge is 2.38. The van der Waals surface area contributed by atoms with Crippen molar-refractivity contribution in [2.24, 2.45) is 5.41 Å². The van der Waals surface area contributed by atoms with Gasteiger partial charge < -0.3 is 15.7 Å². The number of aromatic nitrogens is 4. The number of carbonyl (C=O) groups excluding carboxylic acids is 1. The number of carbonyl (C=O) groups is 2. The van der Waals surface area contributed by atoms with Crippen molar-refractivity contribution < 1.29 is 23.1 Å². The molecular formula is C31H36ClN7O5S. The van der Waals surface area contributed by atoms with Crippen LogP contribution in [-0.2, 0) is 14.8 Å². The second-order valence-electron chi connectivity index (χ2n) is 12.3. The van der Waals surface area contributed by atoms with Crippen LogP contribution in [0.1, 0.15) is 46.5 Å². The minimum Gasteiger partial charge on any atom is -0.465 e. The number of carboxylic acid groups (broad SMARTS) is 1. The fraction of sp³-hybridized carbons (Fsp3) is 0.387. The Balaban J connectivity index is 1.32. The minimum atomic E-state index is -3.93. The van der Waals surface area contributed by atoms with E-state index in [1.165, 1.54) is 31.6 Å². The van der Waals surface area contributed by atoms with Crippen molar-refractivity contribution in [3.05, 3.63) is 66.1 Å². The van der Waals surface area contributed by atoms with Gasteiger partial charge in [-0.1, -0.05) is 50.6 Å². The van der Waals surface area contributed by atoms with Crippen LogP contribution >= 0.6 is 11.6 Å². The molecule has 1 unspecified atom stereocenters. The van der Waals surface area contributed by atoms with E-state index in [-0.39, 0.29) is 33.7 Å². The topological polar surface area (TPSA) is 159 Å². The SMILES string of the molecule is CN(C(=O)O)C(C(=O)N[C@H]1CC[C@H](Nc2nc(Cl)cc(-c3cn(S(=O)(=O)c4ccccc4)c4ncccc34)n2)CC1)C(C)(C)C. The number of nitrogens with one attached hydrogen (secondary N) is 2. The quantitative estimate of drug-likeness (QED) is 0.216. The van der Waals surface area contributed by atoms with Crippen LogP contribution < -0.4 is 10.6 Å². The van der Waals surface area contributed by atoms with Gasteiger partial charge in [0.15, 0.2) is 5.65 Å². The number of fused-ring (bicyclic) bond motifs is 1. The van der Waals surface area contributed by atoms with E-state index in [1.807, 2.05) is 20.8 Å². The zero-order valence-corrected chi connectivity index (χ0v) is 27.0. The van der Waals surface area contributed by atoms with Crippen LogP contribution in [0.5, 0.6) is 0 Å². The summed E-state index contributed by atoms with van der Waals surface area (Å²) >= 11 is 6.43. The zero-order valence-electron chi connectivity index (χ0n) is 25.4. The molecule has 12 nitrogen and oxygen atoms in total. The summed E-state index contributed by atoms with van der Waals surface area (Å²) in [4.78, 5) is 39.3. The van der Waals surface area contributed by atoms with Gasteiger partial charge in [-0.2, -0.15) is 0 Å². The number of hydrogen-bond acceptors (Lipinski definition) is 8. The Morgan fingerprint density at radius 2 is 1.71 bits per heavy atom. The number of benzene rings is 1. The van der Waals surface area contributed by atoms with E-state index in [0.29, 0.717) is 48.3 Å². The molecule has 1 atom stereocenters. The molecule has 1 aromatic carbocycles. The normalized spacial score (nSPS) is 17.9. The molecule has 3 heterocycles. The van der Waals surface area contributed by atoms with E-state index >= 15 is 0 Å². The number of rotatable bonds is 8. The van der Waals surface area contributed by atoms with E-state index in [4.69, 9.17) is 16.6 Å². The van der Waals surface area contributed by atoms with Crippen molar-refractivity contribution >= 4 is 50.6 Å². The summed E-state index contributed by atoms with van der Waals surface area (Å²) in [5.74, 6) is -0.00821. The standard InChI is InChI=1S/C31H36ClN7O5S/c1-31(2,3)26(38(4)30(41)42)28(40)34-19-12-14-20(15-13-19)35-29-36-24(17-25(32)37-29)23-18-39(27-22(23)11-8-16-33-27)45(43,44)21-9-6-5-7-10-21/h5-11,16-20,26H,12-15H2,1-4H3,(H,34,40)(H,41,42)(H,35,36,37)/t19-,20-,26?. The molecule has 238 valence electrons. The van der Waals surface area contributed by atoms with Gasteiger partial charge in [-0.05, 0) is 55.4 Å². The average Bonchev–Trinajstić information content (AvgIpc) is 3.38. The summed E-state index contributed by atoms with van der Waals surface area (Å²) < 4.78 is 28.2. The van der Waals surface area contributed by atoms with Crippen molar-refractivity contribution in [1.29, 1.82) is 0 Å². The molecule has 5 rings (SSSR count). The summed E-state index contributed by atoms with van der Waals surface area (Å²) in [5.41, 5.74) is 0.667. The molecule has 0 radical (unpaired) electrons. The highest BCUT2D eigenvalue weighted by Crippen LogP contribution is 2.33. The molecule has 1 saturated carbocycles. The predicted octanol–water partition coefficient (Wildman–Crippen LogP) is 5.25. The fourth-order valence-electron chi connectivity index (χ4n) is 5.85. The number of halogens is 1. The molecule has 1 aliphatic rings. The van der Waals surface area contributed by atoms with Crippen LogP contribution in [0.4, 0.5) is 10.7 Å². The highest BCUT2D eigenvalue weighted by atomic mass is 35.5. The first kappa shape index (κ1) is 32.2. The van der Waals surface area contributed by atoms with E-state index in [1.54, 1.807) is 36.4 Å². The summed E-state index contributed by atoms with van der Waals surface area (Å²) in [7, 11) is -2.52. The third-order valence-electron chi connectivity index (χ3n) is 7.97. The van der Waals surface area contributed by atoms with Crippen LogP contribution in [0.2, 0.25) is 5.15 Å². The van der Waals surface area contributed by atoms with E-state index in [2.05, 4.69) is 20.6 Å². The maximum atomic E-state index is 13.5. The highest BCUT2D eigenvalue weighted by molar-refractivity contribution is 7.90. The first-order chi connectivity index (χ1) is 21.3. The molecule has 1 aliphatic carbocycles. The Hall–Kier alpha value is -4.23. The second kappa shape index (κ2) is 12.6. The van der Waals surface area contributed by atoms with Crippen LogP contribution in [0.25, 0.3) is 22.3 Å². The molecule has 0 bridgehead atoms. The van der Waals surface area contributed by atoms with Crippen molar-refractivity contribution in [2.45, 2.75) is 69.5 Å². The van der Waals surface area contributed by atoms with Gasteiger partial charge in [-0.3, -0.25) is 9.69 Å². The summed E-state index contributed by atoms with van der Waals surface area (Å²) in [5, 5.41) is 16.7. The lowest BCUT2D eigenvalue weighted by Crippen LogP contribution is -2.56. The number of anilines is 1. The van der Waals surface area contributed by atoms with Crippen LogP contribution in [-0.4, -0.2) is 74.5 Å². The molecule has 0 aliphatic heterocycles. The Bertz CT molecular complexity index is 1820. The third kappa shape index (κ3) is 6.89. The largest absolute Gasteiger partial charge is 0.465 e. The average molecular weight is 654 g/mol. The van der Waals surface area contributed by atoms with Gasteiger partial charge >= 0.3 is 6.09 Å². The lowest BCUT2D eigenvalue weighted by Gasteiger charge is -2.37. The van der Waals surface area contributed by atoms with Gasteiger partial charge in [0.25, 0.3) is 10.0 Å². The Morgan fingerprint density at radius 3 is 2.36 bits per heavy atom. The van der Waals surface area contributed by atoms with Gasteiger partial charge in [0.05, 0.1) is 10.6 Å². The number of likely N-dealkylation sites (N-methyl/N-ethyl adjacent to an activating group) is 1. The molecule has 0 saturated heterocycles. The van der Waals surface area contributed by atoms with Crippen molar-refractivity contribution in [1.82, 2.24) is 29.1 Å². The third-order valence-corrected chi connectivity index (χ3v) is 9.83. The molecule has 2 amide bonds. The Labute approximate surface area is 266 Å². The van der Waals surface area contributed by atoms with Crippen LogP contribution in [0.15, 0.2) is 65.8 Å². The lowest BCUT2D eigenvalue weighted by molar-refractivity contribution is -0.129. The van der Waals surface area contributed by atoms with Crippen LogP contribution in [0.3, 0.4) is 0 Å². The molecule has 4 aromatic rings. The number of pyridine rings is 1. The van der Waals surface area contributed by atoms with E-state index in [0.717, 1.165) is 8.87 Å². The second-order valence-corrected chi connectivity index (χ2v) is 14.5. The molecular weight excluding hydrogens is 618 g/mol. The van der Waals surface area contributed by atoms with Gasteiger partial charge in [0.2, 0.25) is 11.9 Å². The van der Waals surface area contributed by atoms with Crippen molar-refractivity contribution in [3.63, 3.8) is 0 Å². The molecule has 3 N–H and O–H groups in total. The minimum absolute atomic E-state index is 0.00559. The van der Waals surface area contributed by atoms with Crippen molar-refractivity contribution in [2.75, 3.05) is 12.4 Å². The summed E-state index contributed by atoms with van der Waals surface area (Å²) in [6, 6.07) is 12.3. The number of nitrogens with zero attached hydrogens (tertiary/aromatic N) is 5. The van der Waals surface area contributed by atoms with Crippen molar-refractivity contribution in [3.8, 4) is 11.3 Å². The Kier molecular flexibility index (Phi) is 9.04. The molecule has 3 aromatic heterocycles. The first-order valence-electron chi connectivity index (χ1n) is 14.6. The molecule has 45 heavy (non-hydrogen) atoms. The molecule has 1 fully saturated rings. The summed E-state index contributed by atoms with van der Waals surface area (Å²) in [6.07, 6.45) is 4.67. The van der Waals surface area contributed by atoms with Gasteiger partial charge in [0, 0.05) is 48.5 Å². The van der Waals surface area contributed by atoms with Gasteiger partial charge in [-0.15, -0.1) is 0 Å². The predicted molar refractivity (Wildman–Crippen MR) is 172 cm³/mol. The van der Waals surface area contributed by atoms with Gasteiger partial charge in [-0.25, -0.2) is 32.1 Å². The lowest BCUT2D eigenvalue weighted by atomic mass is 9.84. The fourth-order valence-corrected chi connectivity index (χ4v) is 7.38. The zero-order chi connectivity index (χ0) is 32.5. The van der Waals surface area contributed by atoms with Gasteiger partial charge in [0.1, 0.15) is 11.2 Å². The smallest absolute Gasteiger partial charge is 0.407 e. The molecule has 0 spiro atoms. The van der Waals surface area contributed by atoms with E-state index in [9.17, 15) is 23.1 Å². The molecule has 14 heteroatoms. The van der Waals surface area contributed by atoms with E-state index < -0.39 is 27.6 Å². The number of hydrogen-bond donors (Lipinski definition) is 3. The Morgan fingerprint density at radius 1 is 1.04 bits per heavy atom. The maximum absolute atomic E-state index is 13.5. The number of amides is 2. The monoisotopic (exact) mass is 653 g/mol. The van der Waals surface area contributed by atoms with Crippen LogP contribution in [0, 0.1) is 5.41 Å². The summed E-state index contributed by atoms with van der Waals surface area (Å²) in [6.45, 7) is 5.52. The first-order valence-corrected chi connectivity index (χ1v) is 16.4.